The fourth-order valence-electron chi connectivity index (χ4n) is 3.11. The summed E-state index contributed by atoms with van der Waals surface area (Å²) in [5, 5.41) is 0. The van der Waals surface area contributed by atoms with Crippen LogP contribution in [0.15, 0.2) is 18.3 Å². The highest BCUT2D eigenvalue weighted by molar-refractivity contribution is 5.39. The van der Waals surface area contributed by atoms with Gasteiger partial charge in [-0.05, 0) is 37.4 Å². The van der Waals surface area contributed by atoms with Crippen LogP contribution in [0.1, 0.15) is 18.4 Å². The molecule has 1 aromatic heterocycles. The number of aromatic nitrogens is 1. The fraction of sp³-hybridized carbons (Fsp3) is 0.643. The number of hydrogen-bond donors (Lipinski definition) is 2. The third-order valence-electron chi connectivity index (χ3n) is 4.28. The van der Waals surface area contributed by atoms with Crippen LogP contribution < -0.4 is 11.5 Å². The first-order valence-corrected chi connectivity index (χ1v) is 7.04. The topological polar surface area (TPSA) is 77.4 Å². The van der Waals surface area contributed by atoms with Crippen LogP contribution in [0, 0.1) is 0 Å². The highest BCUT2D eigenvalue weighted by atomic mass is 16.5. The van der Waals surface area contributed by atoms with E-state index in [1.807, 2.05) is 12.1 Å². The molecule has 0 aromatic carbocycles. The number of morpholine rings is 1. The van der Waals surface area contributed by atoms with Gasteiger partial charge in [-0.2, -0.15) is 0 Å². The Bertz CT molecular complexity index is 439. The van der Waals surface area contributed by atoms with Crippen LogP contribution >= 0.6 is 0 Å². The summed E-state index contributed by atoms with van der Waals surface area (Å²) >= 11 is 0. The predicted octanol–water partition coefficient (Wildman–Crippen LogP) is 0.397. The van der Waals surface area contributed by atoms with Crippen molar-refractivity contribution in [3.8, 4) is 0 Å². The van der Waals surface area contributed by atoms with E-state index in [4.69, 9.17) is 16.2 Å². The van der Waals surface area contributed by atoms with Gasteiger partial charge in [0.25, 0.3) is 0 Å². The molecule has 2 aliphatic heterocycles. The molecule has 3 heterocycles. The van der Waals surface area contributed by atoms with Crippen LogP contribution in [0.25, 0.3) is 0 Å². The number of anilines is 1. The smallest absolute Gasteiger partial charge is 0.126 e. The van der Waals surface area contributed by atoms with Gasteiger partial charge in [0.1, 0.15) is 5.82 Å². The number of ether oxygens (including phenoxy) is 1. The molecule has 0 spiro atoms. The fourth-order valence-corrected chi connectivity index (χ4v) is 3.11. The summed E-state index contributed by atoms with van der Waals surface area (Å²) in [5.74, 6) is 0.577. The van der Waals surface area contributed by atoms with Crippen molar-refractivity contribution in [3.05, 3.63) is 23.9 Å². The van der Waals surface area contributed by atoms with Crippen molar-refractivity contribution in [1.29, 1.82) is 0 Å². The molecular formula is C14H22N4O. The van der Waals surface area contributed by atoms with Crippen LogP contribution in [-0.2, 0) is 11.2 Å². The van der Waals surface area contributed by atoms with Crippen LogP contribution in [0.4, 0.5) is 5.82 Å². The summed E-state index contributed by atoms with van der Waals surface area (Å²) < 4.78 is 5.94. The largest absolute Gasteiger partial charge is 0.383 e. The van der Waals surface area contributed by atoms with E-state index < -0.39 is 0 Å². The van der Waals surface area contributed by atoms with E-state index in [0.29, 0.717) is 11.9 Å². The van der Waals surface area contributed by atoms with Gasteiger partial charge in [-0.15, -0.1) is 0 Å². The summed E-state index contributed by atoms with van der Waals surface area (Å²) in [7, 11) is 0. The monoisotopic (exact) mass is 262 g/mol. The lowest BCUT2D eigenvalue weighted by atomic mass is 10.0. The molecule has 0 bridgehead atoms. The average Bonchev–Trinajstić information content (AvgIpc) is 2.88. The van der Waals surface area contributed by atoms with Gasteiger partial charge in [-0.25, -0.2) is 4.98 Å². The lowest BCUT2D eigenvalue weighted by Crippen LogP contribution is -2.53. The number of fused-ring (bicyclic) bond motifs is 1. The zero-order chi connectivity index (χ0) is 13.2. The maximum Gasteiger partial charge on any atom is 0.126 e. The normalized spacial score (nSPS) is 29.1. The standard InChI is InChI=1S/C14H22N4O/c15-12(7-10-3-1-5-17-14(10)16)13-8-18-6-2-4-11(18)9-19-13/h1,3,5,11-13H,2,4,6-9,15H2,(H2,16,17). The number of nitrogens with zero attached hydrogens (tertiary/aromatic N) is 2. The molecule has 2 fully saturated rings. The Morgan fingerprint density at radius 1 is 1.53 bits per heavy atom. The zero-order valence-corrected chi connectivity index (χ0v) is 11.2. The Kier molecular flexibility index (Phi) is 3.68. The molecule has 0 amide bonds. The van der Waals surface area contributed by atoms with Gasteiger partial charge < -0.3 is 16.2 Å². The predicted molar refractivity (Wildman–Crippen MR) is 74.7 cm³/mol. The SMILES string of the molecule is Nc1ncccc1CC(N)C1CN2CCCC2CO1. The molecule has 3 unspecified atom stereocenters. The van der Waals surface area contributed by atoms with Gasteiger partial charge in [0.15, 0.2) is 0 Å². The highest BCUT2D eigenvalue weighted by Crippen LogP contribution is 2.24. The summed E-state index contributed by atoms with van der Waals surface area (Å²) in [6.07, 6.45) is 5.08. The Morgan fingerprint density at radius 3 is 3.26 bits per heavy atom. The van der Waals surface area contributed by atoms with E-state index in [-0.39, 0.29) is 12.1 Å². The number of hydrogen-bond acceptors (Lipinski definition) is 5. The Morgan fingerprint density at radius 2 is 2.42 bits per heavy atom. The quantitative estimate of drug-likeness (QED) is 0.824. The minimum absolute atomic E-state index is 0.0203. The Labute approximate surface area is 113 Å². The van der Waals surface area contributed by atoms with Crippen molar-refractivity contribution in [3.63, 3.8) is 0 Å². The molecule has 4 N–H and O–H groups in total. The van der Waals surface area contributed by atoms with E-state index in [1.165, 1.54) is 19.4 Å². The third kappa shape index (κ3) is 2.73. The molecule has 104 valence electrons. The van der Waals surface area contributed by atoms with Crippen molar-refractivity contribution >= 4 is 5.82 Å². The molecule has 2 saturated heterocycles. The molecule has 0 saturated carbocycles. The highest BCUT2D eigenvalue weighted by Gasteiger charge is 2.34. The molecule has 0 aliphatic carbocycles. The van der Waals surface area contributed by atoms with Gasteiger partial charge in [-0.3, -0.25) is 4.90 Å². The molecular weight excluding hydrogens is 240 g/mol. The second-order valence-corrected chi connectivity index (χ2v) is 5.58. The maximum atomic E-state index is 6.30. The molecule has 1 aromatic rings. The molecule has 3 atom stereocenters. The summed E-state index contributed by atoms with van der Waals surface area (Å²) in [5.41, 5.74) is 13.2. The zero-order valence-electron chi connectivity index (χ0n) is 11.2. The Balaban J connectivity index is 1.61. The molecule has 0 radical (unpaired) electrons. The van der Waals surface area contributed by atoms with Crippen molar-refractivity contribution in [2.24, 2.45) is 5.73 Å². The van der Waals surface area contributed by atoms with Gasteiger partial charge >= 0.3 is 0 Å². The lowest BCUT2D eigenvalue weighted by molar-refractivity contribution is -0.0589. The number of nitrogens with two attached hydrogens (primary N) is 2. The van der Waals surface area contributed by atoms with E-state index >= 15 is 0 Å². The van der Waals surface area contributed by atoms with Crippen molar-refractivity contribution in [1.82, 2.24) is 9.88 Å². The first kappa shape index (κ1) is 12.8. The van der Waals surface area contributed by atoms with E-state index in [0.717, 1.165) is 25.1 Å². The maximum absolute atomic E-state index is 6.30. The van der Waals surface area contributed by atoms with Gasteiger partial charge in [0, 0.05) is 24.8 Å². The Hall–Kier alpha value is -1.17. The second kappa shape index (κ2) is 5.45. The number of nitrogen functional groups attached to an aromatic ring is 1. The molecule has 19 heavy (non-hydrogen) atoms. The van der Waals surface area contributed by atoms with Gasteiger partial charge in [0.2, 0.25) is 0 Å². The van der Waals surface area contributed by atoms with Crippen LogP contribution in [0.5, 0.6) is 0 Å². The molecule has 3 rings (SSSR count). The molecule has 5 heteroatoms. The third-order valence-corrected chi connectivity index (χ3v) is 4.28. The minimum atomic E-state index is -0.0203. The van der Waals surface area contributed by atoms with Crippen LogP contribution in [-0.4, -0.2) is 47.8 Å². The minimum Gasteiger partial charge on any atom is -0.383 e. The van der Waals surface area contributed by atoms with Crippen molar-refractivity contribution in [2.45, 2.75) is 37.5 Å². The van der Waals surface area contributed by atoms with Crippen LogP contribution in [0.3, 0.4) is 0 Å². The van der Waals surface area contributed by atoms with E-state index in [9.17, 15) is 0 Å². The van der Waals surface area contributed by atoms with Crippen LogP contribution in [0.2, 0.25) is 0 Å². The van der Waals surface area contributed by atoms with Gasteiger partial charge in [0.05, 0.1) is 12.7 Å². The summed E-state index contributed by atoms with van der Waals surface area (Å²) in [6, 6.07) is 4.49. The first-order chi connectivity index (χ1) is 9.24. The van der Waals surface area contributed by atoms with E-state index in [1.54, 1.807) is 6.20 Å². The number of rotatable bonds is 3. The first-order valence-electron chi connectivity index (χ1n) is 7.04. The molecule has 5 nitrogen and oxygen atoms in total. The number of pyridine rings is 1. The van der Waals surface area contributed by atoms with Gasteiger partial charge in [-0.1, -0.05) is 6.07 Å². The second-order valence-electron chi connectivity index (χ2n) is 5.58. The van der Waals surface area contributed by atoms with Crippen molar-refractivity contribution in [2.75, 3.05) is 25.4 Å². The average molecular weight is 262 g/mol. The van der Waals surface area contributed by atoms with E-state index in [2.05, 4.69) is 9.88 Å². The van der Waals surface area contributed by atoms with Crippen molar-refractivity contribution < 1.29 is 4.74 Å². The summed E-state index contributed by atoms with van der Waals surface area (Å²) in [6.45, 7) is 2.96. The summed E-state index contributed by atoms with van der Waals surface area (Å²) in [4.78, 5) is 6.62. The molecule has 2 aliphatic rings. The lowest BCUT2D eigenvalue weighted by Gasteiger charge is -2.37.